The summed E-state index contributed by atoms with van der Waals surface area (Å²) < 4.78 is 1.97. The standard InChI is InChI=1S/C22H32N6O/c1-15-11-16(2)28(25-15)17(3)12-21(29)27-9-6-5-7-20(27)22-23-13-18-14-26(4)10-8-19(18)24-22/h11,13,17,20H,5-10,12,14H2,1-4H3. The van der Waals surface area contributed by atoms with Gasteiger partial charge in [0.2, 0.25) is 5.91 Å². The molecule has 0 radical (unpaired) electrons. The van der Waals surface area contributed by atoms with Crippen LogP contribution in [0.15, 0.2) is 12.3 Å². The van der Waals surface area contributed by atoms with Crippen molar-refractivity contribution in [2.24, 2.45) is 0 Å². The van der Waals surface area contributed by atoms with Gasteiger partial charge in [-0.1, -0.05) is 0 Å². The van der Waals surface area contributed by atoms with E-state index >= 15 is 0 Å². The number of nitrogens with zero attached hydrogens (tertiary/aromatic N) is 6. The van der Waals surface area contributed by atoms with Gasteiger partial charge in [0.05, 0.1) is 17.8 Å². The van der Waals surface area contributed by atoms with E-state index in [4.69, 9.17) is 4.98 Å². The van der Waals surface area contributed by atoms with Crippen LogP contribution in [0.1, 0.15) is 73.2 Å². The van der Waals surface area contributed by atoms with E-state index < -0.39 is 0 Å². The number of hydrogen-bond donors (Lipinski definition) is 0. The molecule has 0 aromatic carbocycles. The van der Waals surface area contributed by atoms with Crippen LogP contribution in [0.5, 0.6) is 0 Å². The zero-order valence-electron chi connectivity index (χ0n) is 18.1. The van der Waals surface area contributed by atoms with Crippen LogP contribution < -0.4 is 0 Å². The van der Waals surface area contributed by atoms with E-state index in [9.17, 15) is 4.79 Å². The summed E-state index contributed by atoms with van der Waals surface area (Å²) in [6.07, 6.45) is 6.49. The Morgan fingerprint density at radius 1 is 1.28 bits per heavy atom. The SMILES string of the molecule is Cc1cc(C)n(C(C)CC(=O)N2CCCCC2c2ncc3c(n2)CCN(C)C3)n1. The molecule has 1 amide bonds. The van der Waals surface area contributed by atoms with Crippen molar-refractivity contribution in [3.63, 3.8) is 0 Å². The molecule has 2 unspecified atom stereocenters. The number of amides is 1. The van der Waals surface area contributed by atoms with Gasteiger partial charge >= 0.3 is 0 Å². The Morgan fingerprint density at radius 3 is 2.86 bits per heavy atom. The molecule has 4 heterocycles. The lowest BCUT2D eigenvalue weighted by Gasteiger charge is -2.36. The molecule has 4 rings (SSSR count). The molecule has 0 spiro atoms. The molecule has 2 aliphatic rings. The number of likely N-dealkylation sites (tertiary alicyclic amines) is 1. The van der Waals surface area contributed by atoms with E-state index in [1.54, 1.807) is 0 Å². The van der Waals surface area contributed by atoms with Crippen molar-refractivity contribution in [1.29, 1.82) is 0 Å². The fourth-order valence-electron chi connectivity index (χ4n) is 4.68. The molecule has 0 N–H and O–H groups in total. The van der Waals surface area contributed by atoms with Crippen molar-refractivity contribution in [1.82, 2.24) is 29.5 Å². The Labute approximate surface area is 173 Å². The average molecular weight is 397 g/mol. The van der Waals surface area contributed by atoms with Crippen LogP contribution in [0.4, 0.5) is 0 Å². The lowest BCUT2D eigenvalue weighted by Crippen LogP contribution is -2.40. The molecule has 0 saturated carbocycles. The van der Waals surface area contributed by atoms with Crippen molar-refractivity contribution in [2.75, 3.05) is 20.1 Å². The lowest BCUT2D eigenvalue weighted by molar-refractivity contribution is -0.136. The normalized spacial score (nSPS) is 21.1. The van der Waals surface area contributed by atoms with Crippen LogP contribution >= 0.6 is 0 Å². The number of likely N-dealkylation sites (N-methyl/N-ethyl adjacent to an activating group) is 1. The van der Waals surface area contributed by atoms with Crippen molar-refractivity contribution in [3.8, 4) is 0 Å². The monoisotopic (exact) mass is 396 g/mol. The molecule has 2 atom stereocenters. The van der Waals surface area contributed by atoms with Crippen LogP contribution in [0.3, 0.4) is 0 Å². The molecular formula is C22H32N6O. The van der Waals surface area contributed by atoms with Gasteiger partial charge in [0.1, 0.15) is 0 Å². The van der Waals surface area contributed by atoms with Gasteiger partial charge in [-0.2, -0.15) is 5.10 Å². The zero-order valence-corrected chi connectivity index (χ0v) is 18.1. The third kappa shape index (κ3) is 4.20. The predicted molar refractivity (Wildman–Crippen MR) is 111 cm³/mol. The number of carbonyl (C=O) groups excluding carboxylic acids is 1. The van der Waals surface area contributed by atoms with Gasteiger partial charge in [0, 0.05) is 55.6 Å². The fourth-order valence-corrected chi connectivity index (χ4v) is 4.68. The number of aryl methyl sites for hydroxylation is 2. The van der Waals surface area contributed by atoms with Gasteiger partial charge in [0.15, 0.2) is 5.82 Å². The predicted octanol–water partition coefficient (Wildman–Crippen LogP) is 2.98. The quantitative estimate of drug-likeness (QED) is 0.795. The number of carbonyl (C=O) groups is 1. The Morgan fingerprint density at radius 2 is 2.10 bits per heavy atom. The highest BCUT2D eigenvalue weighted by Crippen LogP contribution is 2.31. The smallest absolute Gasteiger partial charge is 0.225 e. The second-order valence-corrected chi connectivity index (χ2v) is 8.71. The van der Waals surface area contributed by atoms with Crippen molar-refractivity contribution in [3.05, 3.63) is 40.7 Å². The van der Waals surface area contributed by atoms with Crippen LogP contribution in [-0.2, 0) is 17.8 Å². The summed E-state index contributed by atoms with van der Waals surface area (Å²) in [4.78, 5) is 27.1. The highest BCUT2D eigenvalue weighted by atomic mass is 16.2. The van der Waals surface area contributed by atoms with Crippen LogP contribution in [-0.4, -0.2) is 55.6 Å². The Hall–Kier alpha value is -2.28. The first kappa shape index (κ1) is 20.0. The maximum absolute atomic E-state index is 13.2. The van der Waals surface area contributed by atoms with E-state index in [2.05, 4.69) is 35.0 Å². The second kappa shape index (κ2) is 8.22. The van der Waals surface area contributed by atoms with E-state index in [0.717, 1.165) is 68.2 Å². The molecular weight excluding hydrogens is 364 g/mol. The Bertz CT molecular complexity index is 891. The van der Waals surface area contributed by atoms with Gasteiger partial charge in [-0.25, -0.2) is 9.97 Å². The first-order chi connectivity index (χ1) is 13.9. The minimum atomic E-state index is -0.00568. The van der Waals surface area contributed by atoms with E-state index in [1.165, 1.54) is 5.56 Å². The van der Waals surface area contributed by atoms with Crippen LogP contribution in [0.25, 0.3) is 0 Å². The molecule has 2 aromatic heterocycles. The van der Waals surface area contributed by atoms with Gasteiger partial charge < -0.3 is 9.80 Å². The molecule has 7 heteroatoms. The summed E-state index contributed by atoms with van der Waals surface area (Å²) in [5.74, 6) is 0.996. The highest BCUT2D eigenvalue weighted by molar-refractivity contribution is 5.77. The molecule has 156 valence electrons. The Balaban J connectivity index is 1.51. The summed E-state index contributed by atoms with van der Waals surface area (Å²) in [7, 11) is 2.13. The van der Waals surface area contributed by atoms with Gasteiger partial charge in [-0.05, 0) is 53.1 Å². The molecule has 0 aliphatic carbocycles. The van der Waals surface area contributed by atoms with Gasteiger partial charge in [-0.3, -0.25) is 9.48 Å². The van der Waals surface area contributed by atoms with Gasteiger partial charge in [-0.15, -0.1) is 0 Å². The first-order valence-corrected chi connectivity index (χ1v) is 10.8. The molecule has 2 aliphatic heterocycles. The third-order valence-electron chi connectivity index (χ3n) is 6.20. The van der Waals surface area contributed by atoms with E-state index in [-0.39, 0.29) is 18.0 Å². The summed E-state index contributed by atoms with van der Waals surface area (Å²) in [5.41, 5.74) is 4.46. The maximum atomic E-state index is 13.2. The second-order valence-electron chi connectivity index (χ2n) is 8.71. The maximum Gasteiger partial charge on any atom is 0.225 e. The third-order valence-corrected chi connectivity index (χ3v) is 6.20. The summed E-state index contributed by atoms with van der Waals surface area (Å²) in [6.45, 7) is 8.83. The average Bonchev–Trinajstić information content (AvgIpc) is 3.05. The number of aromatic nitrogens is 4. The number of fused-ring (bicyclic) bond motifs is 1. The number of rotatable bonds is 4. The Kier molecular flexibility index (Phi) is 5.67. The van der Waals surface area contributed by atoms with E-state index in [1.807, 2.05) is 29.6 Å². The highest BCUT2D eigenvalue weighted by Gasteiger charge is 2.31. The topological polar surface area (TPSA) is 67.2 Å². The van der Waals surface area contributed by atoms with Crippen LogP contribution in [0.2, 0.25) is 0 Å². The summed E-state index contributed by atoms with van der Waals surface area (Å²) in [5, 5.41) is 4.56. The summed E-state index contributed by atoms with van der Waals surface area (Å²) >= 11 is 0. The van der Waals surface area contributed by atoms with Crippen molar-refractivity contribution < 1.29 is 4.79 Å². The largest absolute Gasteiger partial charge is 0.332 e. The molecule has 1 saturated heterocycles. The minimum absolute atomic E-state index is 0.00568. The van der Waals surface area contributed by atoms with Crippen molar-refractivity contribution in [2.45, 2.75) is 71.5 Å². The zero-order chi connectivity index (χ0) is 20.5. The molecule has 1 fully saturated rings. The van der Waals surface area contributed by atoms with Gasteiger partial charge in [0.25, 0.3) is 0 Å². The molecule has 7 nitrogen and oxygen atoms in total. The first-order valence-electron chi connectivity index (χ1n) is 10.8. The molecule has 2 aromatic rings. The number of piperidine rings is 1. The van der Waals surface area contributed by atoms with Crippen LogP contribution in [0, 0.1) is 13.8 Å². The number of hydrogen-bond acceptors (Lipinski definition) is 5. The molecule has 29 heavy (non-hydrogen) atoms. The van der Waals surface area contributed by atoms with Crippen molar-refractivity contribution >= 4 is 5.91 Å². The lowest BCUT2D eigenvalue weighted by atomic mass is 9.99. The summed E-state index contributed by atoms with van der Waals surface area (Å²) in [6, 6.07) is 2.09. The van der Waals surface area contributed by atoms with E-state index in [0.29, 0.717) is 6.42 Å². The minimum Gasteiger partial charge on any atom is -0.332 e. The fraction of sp³-hybridized carbons (Fsp3) is 0.636. The molecule has 0 bridgehead atoms.